The summed E-state index contributed by atoms with van der Waals surface area (Å²) >= 11 is 2.85. The fourth-order valence-electron chi connectivity index (χ4n) is 1.49. The minimum absolute atomic E-state index is 0.0959. The van der Waals surface area contributed by atoms with E-state index in [0.29, 0.717) is 5.92 Å². The summed E-state index contributed by atoms with van der Waals surface area (Å²) in [6, 6.07) is 0. The maximum absolute atomic E-state index is 10.5. The smallest absolute Gasteiger partial charge is 0.287 e. The topological polar surface area (TPSA) is 32.3 Å². The third-order valence-corrected chi connectivity index (χ3v) is 2.65. The van der Waals surface area contributed by atoms with Crippen molar-refractivity contribution in [2.75, 3.05) is 26.7 Å². The zero-order valence-corrected chi connectivity index (χ0v) is 8.93. The van der Waals surface area contributed by atoms with E-state index in [-0.39, 0.29) is 4.82 Å². The summed E-state index contributed by atoms with van der Waals surface area (Å²) in [7, 11) is 2.14. The molecule has 12 heavy (non-hydrogen) atoms. The number of halogens is 1. The number of carbonyl (C=O) groups excluding carboxylic acids is 1. The molecular formula is C8H15BrN2O. The molecule has 1 fully saturated rings. The number of nitrogens with one attached hydrogen (secondary N) is 1. The molecule has 1 saturated heterocycles. The van der Waals surface area contributed by atoms with Crippen molar-refractivity contribution in [2.24, 2.45) is 5.92 Å². The Bertz CT molecular complexity index is 155. The molecule has 1 rings (SSSR count). The molecule has 0 saturated carbocycles. The minimum atomic E-state index is -0.0959. The number of carbonyl (C=O) groups is 1. The van der Waals surface area contributed by atoms with Crippen molar-refractivity contribution in [1.82, 2.24) is 10.2 Å². The SMILES string of the molecule is CN1CCC(CNC(=O)Br)CC1. The summed E-state index contributed by atoms with van der Waals surface area (Å²) in [5.41, 5.74) is 0. The monoisotopic (exact) mass is 234 g/mol. The lowest BCUT2D eigenvalue weighted by Gasteiger charge is -2.28. The van der Waals surface area contributed by atoms with Crippen molar-refractivity contribution in [3.63, 3.8) is 0 Å². The molecule has 1 heterocycles. The average molecular weight is 235 g/mol. The molecule has 0 bridgehead atoms. The van der Waals surface area contributed by atoms with Crippen LogP contribution in [0.2, 0.25) is 0 Å². The van der Waals surface area contributed by atoms with Gasteiger partial charge in [0, 0.05) is 22.5 Å². The molecule has 4 heteroatoms. The highest BCUT2D eigenvalue weighted by atomic mass is 79.9. The number of hydrogen-bond donors (Lipinski definition) is 1. The van der Waals surface area contributed by atoms with Crippen LogP contribution in [0.5, 0.6) is 0 Å². The number of piperidine rings is 1. The molecule has 1 N–H and O–H groups in total. The quantitative estimate of drug-likeness (QED) is 0.580. The van der Waals surface area contributed by atoms with E-state index in [1.807, 2.05) is 0 Å². The summed E-state index contributed by atoms with van der Waals surface area (Å²) in [5.74, 6) is 0.669. The summed E-state index contributed by atoms with van der Waals surface area (Å²) in [6.45, 7) is 3.13. The Morgan fingerprint density at radius 3 is 2.67 bits per heavy atom. The van der Waals surface area contributed by atoms with Gasteiger partial charge < -0.3 is 10.2 Å². The van der Waals surface area contributed by atoms with Crippen molar-refractivity contribution >= 4 is 20.7 Å². The molecular weight excluding hydrogens is 220 g/mol. The molecule has 1 aliphatic heterocycles. The molecule has 0 unspecified atom stereocenters. The van der Waals surface area contributed by atoms with Crippen LogP contribution < -0.4 is 5.32 Å². The number of likely N-dealkylation sites (tertiary alicyclic amines) is 1. The van der Waals surface area contributed by atoms with Gasteiger partial charge >= 0.3 is 0 Å². The van der Waals surface area contributed by atoms with E-state index >= 15 is 0 Å². The number of rotatable bonds is 2. The van der Waals surface area contributed by atoms with E-state index in [2.05, 4.69) is 33.2 Å². The molecule has 1 aliphatic rings. The van der Waals surface area contributed by atoms with Crippen molar-refractivity contribution in [3.8, 4) is 0 Å². The second-order valence-electron chi connectivity index (χ2n) is 3.40. The van der Waals surface area contributed by atoms with Gasteiger partial charge in [0.05, 0.1) is 0 Å². The van der Waals surface area contributed by atoms with Crippen molar-refractivity contribution in [2.45, 2.75) is 12.8 Å². The number of amides is 1. The van der Waals surface area contributed by atoms with Gasteiger partial charge in [0.2, 0.25) is 0 Å². The van der Waals surface area contributed by atoms with Crippen LogP contribution in [0.3, 0.4) is 0 Å². The van der Waals surface area contributed by atoms with Gasteiger partial charge in [0.1, 0.15) is 0 Å². The van der Waals surface area contributed by atoms with Gasteiger partial charge in [-0.1, -0.05) is 0 Å². The molecule has 0 aliphatic carbocycles. The highest BCUT2D eigenvalue weighted by molar-refractivity contribution is 9.18. The lowest BCUT2D eigenvalue weighted by atomic mass is 9.97. The zero-order valence-electron chi connectivity index (χ0n) is 7.35. The first kappa shape index (κ1) is 9.99. The van der Waals surface area contributed by atoms with Crippen LogP contribution in [0, 0.1) is 5.92 Å². The molecule has 0 aromatic rings. The zero-order chi connectivity index (χ0) is 8.97. The Labute approximate surface area is 81.6 Å². The first-order chi connectivity index (χ1) is 5.68. The first-order valence-electron chi connectivity index (χ1n) is 4.30. The molecule has 70 valence electrons. The van der Waals surface area contributed by atoms with Crippen LogP contribution in [0.4, 0.5) is 4.79 Å². The van der Waals surface area contributed by atoms with Crippen molar-refractivity contribution in [3.05, 3.63) is 0 Å². The van der Waals surface area contributed by atoms with Gasteiger partial charge in [-0.3, -0.25) is 4.79 Å². The molecule has 3 nitrogen and oxygen atoms in total. The Balaban J connectivity index is 2.13. The van der Waals surface area contributed by atoms with Gasteiger partial charge in [0.15, 0.2) is 0 Å². The second-order valence-corrected chi connectivity index (χ2v) is 4.12. The minimum Gasteiger partial charge on any atom is -0.346 e. The van der Waals surface area contributed by atoms with E-state index in [9.17, 15) is 4.79 Å². The van der Waals surface area contributed by atoms with E-state index in [1.165, 1.54) is 12.8 Å². The summed E-state index contributed by atoms with van der Waals surface area (Å²) in [4.78, 5) is 12.8. The van der Waals surface area contributed by atoms with Crippen molar-refractivity contribution in [1.29, 1.82) is 0 Å². The summed E-state index contributed by atoms with van der Waals surface area (Å²) < 4.78 is 0. The predicted molar refractivity (Wildman–Crippen MR) is 52.5 cm³/mol. The fraction of sp³-hybridized carbons (Fsp3) is 0.875. The van der Waals surface area contributed by atoms with Crippen LogP contribution in [-0.2, 0) is 0 Å². The molecule has 0 radical (unpaired) electrons. The largest absolute Gasteiger partial charge is 0.346 e. The molecule has 1 amide bonds. The lowest BCUT2D eigenvalue weighted by Crippen LogP contribution is -2.35. The van der Waals surface area contributed by atoms with Crippen LogP contribution in [0.1, 0.15) is 12.8 Å². The van der Waals surface area contributed by atoms with Crippen LogP contribution in [0.25, 0.3) is 0 Å². The standard InChI is InChI=1S/C8H15BrN2O/c1-11-4-2-7(3-5-11)6-10-8(9)12/h7H,2-6H2,1H3,(H,10,12). The van der Waals surface area contributed by atoms with E-state index in [1.54, 1.807) is 0 Å². The fourth-order valence-corrected chi connectivity index (χ4v) is 1.65. The Hall–Kier alpha value is -0.0900. The highest BCUT2D eigenvalue weighted by Gasteiger charge is 2.16. The Morgan fingerprint density at radius 2 is 2.17 bits per heavy atom. The van der Waals surface area contributed by atoms with Gasteiger partial charge in [-0.25, -0.2) is 0 Å². The van der Waals surface area contributed by atoms with Crippen LogP contribution in [0.15, 0.2) is 0 Å². The summed E-state index contributed by atoms with van der Waals surface area (Å²) in [6.07, 6.45) is 2.40. The lowest BCUT2D eigenvalue weighted by molar-refractivity contribution is 0.215. The molecule has 0 atom stereocenters. The first-order valence-corrected chi connectivity index (χ1v) is 5.09. The van der Waals surface area contributed by atoms with Crippen molar-refractivity contribution < 1.29 is 4.79 Å². The van der Waals surface area contributed by atoms with Crippen LogP contribution >= 0.6 is 15.9 Å². The van der Waals surface area contributed by atoms with E-state index in [4.69, 9.17) is 0 Å². The third-order valence-electron chi connectivity index (χ3n) is 2.37. The predicted octanol–water partition coefficient (Wildman–Crippen LogP) is 1.43. The molecule has 0 aromatic carbocycles. The summed E-state index contributed by atoms with van der Waals surface area (Å²) in [5, 5.41) is 2.79. The maximum Gasteiger partial charge on any atom is 0.287 e. The normalized spacial score (nSPS) is 20.8. The number of hydrogen-bond acceptors (Lipinski definition) is 2. The average Bonchev–Trinajstić information content (AvgIpc) is 2.03. The van der Waals surface area contributed by atoms with Gasteiger partial charge in [-0.15, -0.1) is 0 Å². The second kappa shape index (κ2) is 4.82. The van der Waals surface area contributed by atoms with Crippen LogP contribution in [-0.4, -0.2) is 36.4 Å². The maximum atomic E-state index is 10.5. The van der Waals surface area contributed by atoms with Gasteiger partial charge in [-0.05, 0) is 38.9 Å². The van der Waals surface area contributed by atoms with E-state index < -0.39 is 0 Å². The Kier molecular flexibility index (Phi) is 4.01. The Morgan fingerprint density at radius 1 is 1.58 bits per heavy atom. The van der Waals surface area contributed by atoms with E-state index in [0.717, 1.165) is 19.6 Å². The number of nitrogens with zero attached hydrogens (tertiary/aromatic N) is 1. The van der Waals surface area contributed by atoms with Gasteiger partial charge in [0.25, 0.3) is 4.82 Å². The third kappa shape index (κ3) is 3.54. The molecule has 0 spiro atoms. The van der Waals surface area contributed by atoms with Gasteiger partial charge in [-0.2, -0.15) is 0 Å². The molecule has 0 aromatic heterocycles. The highest BCUT2D eigenvalue weighted by Crippen LogP contribution is 2.14.